The van der Waals surface area contributed by atoms with Crippen LogP contribution in [0.5, 0.6) is 0 Å². The third kappa shape index (κ3) is 3.24. The van der Waals surface area contributed by atoms with E-state index in [0.29, 0.717) is 0 Å². The first-order valence-corrected chi connectivity index (χ1v) is 9.28. The summed E-state index contributed by atoms with van der Waals surface area (Å²) in [7, 11) is 0. The summed E-state index contributed by atoms with van der Waals surface area (Å²) in [5.41, 5.74) is 3.17. The van der Waals surface area contributed by atoms with Crippen molar-refractivity contribution in [2.45, 2.75) is 64.8 Å². The second kappa shape index (κ2) is 7.97. The maximum Gasteiger partial charge on any atom is 0.285 e. The van der Waals surface area contributed by atoms with E-state index in [0.717, 1.165) is 40.7 Å². The molecule has 1 aliphatic carbocycles. The van der Waals surface area contributed by atoms with Crippen molar-refractivity contribution >= 4 is 11.6 Å². The van der Waals surface area contributed by atoms with Gasteiger partial charge in [-0.2, -0.15) is 0 Å². The van der Waals surface area contributed by atoms with Gasteiger partial charge in [-0.25, -0.2) is 0 Å². The molecule has 0 aromatic heterocycles. The number of carbonyl (C=O) groups is 1. The van der Waals surface area contributed by atoms with E-state index in [-0.39, 0.29) is 44.2 Å². The van der Waals surface area contributed by atoms with E-state index in [1.165, 1.54) is 38.8 Å². The van der Waals surface area contributed by atoms with Crippen LogP contribution in [0.4, 0.5) is 5.69 Å². The summed E-state index contributed by atoms with van der Waals surface area (Å²) >= 11 is 0. The molecule has 1 aromatic carbocycles. The smallest absolute Gasteiger partial charge is 0.285 e. The van der Waals surface area contributed by atoms with Crippen molar-refractivity contribution in [1.29, 1.82) is 0 Å². The molecule has 0 atom stereocenters. The number of aryl methyl sites for hydroxylation is 2. The van der Waals surface area contributed by atoms with Gasteiger partial charge in [-0.05, 0) is 57.6 Å². The van der Waals surface area contributed by atoms with Crippen LogP contribution in [0.15, 0.2) is 18.2 Å². The Morgan fingerprint density at radius 2 is 1.67 bits per heavy atom. The fraction of sp³-hybridized carbons (Fsp3) is 0.650. The van der Waals surface area contributed by atoms with Crippen LogP contribution in [0.25, 0.3) is 0 Å². The minimum Gasteiger partial charge on any atom is -0.320 e. The molecule has 1 aromatic rings. The molecule has 3 nitrogen and oxygen atoms in total. The number of benzene rings is 1. The quantitative estimate of drug-likeness (QED) is 0.750. The van der Waals surface area contributed by atoms with Crippen molar-refractivity contribution < 1.29 is 42.0 Å². The molecule has 1 saturated carbocycles. The standard InChI is InChI=1S/C20H30N2O.Y/c1-4-22(14-6-5-7-15-22)20(12-9-13-20)19(23)21-18-16(2)10-8-11-17(18)3;/h8,10-11H,4-7,9,12-15H2,1-3H3;/p+1. The molecule has 24 heavy (non-hydrogen) atoms. The molecule has 2 aliphatic rings. The Balaban J connectivity index is 0.00000208. The molecule has 0 spiro atoms. The average Bonchev–Trinajstić information content (AvgIpc) is 2.51. The van der Waals surface area contributed by atoms with E-state index in [4.69, 9.17) is 0 Å². The third-order valence-electron chi connectivity index (χ3n) is 6.51. The van der Waals surface area contributed by atoms with Crippen LogP contribution in [-0.4, -0.2) is 35.6 Å². The van der Waals surface area contributed by atoms with Crippen molar-refractivity contribution in [2.75, 3.05) is 25.0 Å². The number of likely N-dealkylation sites (tertiary alicyclic amines) is 1. The van der Waals surface area contributed by atoms with Gasteiger partial charge >= 0.3 is 0 Å². The second-order valence-electron chi connectivity index (χ2n) is 7.58. The van der Waals surface area contributed by atoms with Gasteiger partial charge in [0.05, 0.1) is 19.6 Å². The molecule has 1 saturated heterocycles. The minimum atomic E-state index is -0.177. The molecular weight excluding hydrogens is 373 g/mol. The maximum absolute atomic E-state index is 13.4. The number of piperidine rings is 1. The average molecular weight is 404 g/mol. The summed E-state index contributed by atoms with van der Waals surface area (Å²) in [6.45, 7) is 9.88. The number of rotatable bonds is 4. The van der Waals surface area contributed by atoms with Crippen molar-refractivity contribution in [1.82, 2.24) is 0 Å². The molecule has 4 heteroatoms. The summed E-state index contributed by atoms with van der Waals surface area (Å²) in [5, 5.41) is 3.32. The number of amides is 1. The van der Waals surface area contributed by atoms with Crippen LogP contribution < -0.4 is 5.32 Å². The molecule has 0 unspecified atom stereocenters. The fourth-order valence-corrected chi connectivity index (χ4v) is 4.83. The van der Waals surface area contributed by atoms with Gasteiger partial charge in [0.1, 0.15) is 0 Å². The van der Waals surface area contributed by atoms with Gasteiger partial charge in [0, 0.05) is 51.2 Å². The van der Waals surface area contributed by atoms with E-state index in [2.05, 4.69) is 44.3 Å². The summed E-state index contributed by atoms with van der Waals surface area (Å²) in [5.74, 6) is 0.268. The Morgan fingerprint density at radius 1 is 1.08 bits per heavy atom. The molecule has 1 aliphatic heterocycles. The van der Waals surface area contributed by atoms with Gasteiger partial charge in [-0.15, -0.1) is 0 Å². The molecule has 2 fully saturated rings. The van der Waals surface area contributed by atoms with Gasteiger partial charge in [0.2, 0.25) is 0 Å². The van der Waals surface area contributed by atoms with Crippen LogP contribution in [0.2, 0.25) is 0 Å². The molecule has 3 rings (SSSR count). The number of carbonyl (C=O) groups excluding carboxylic acids is 1. The number of hydrogen-bond acceptors (Lipinski definition) is 1. The normalized spacial score (nSPS) is 21.3. The van der Waals surface area contributed by atoms with Gasteiger partial charge in [0.15, 0.2) is 5.54 Å². The van der Waals surface area contributed by atoms with Gasteiger partial charge in [0.25, 0.3) is 5.91 Å². The molecular formula is C20H31N2OY+. The molecule has 0 bridgehead atoms. The zero-order valence-electron chi connectivity index (χ0n) is 15.5. The molecule has 1 radical (unpaired) electrons. The zero-order valence-corrected chi connectivity index (χ0v) is 18.4. The number of anilines is 1. The Labute approximate surface area is 172 Å². The number of para-hydroxylation sites is 1. The number of quaternary nitrogens is 1. The summed E-state index contributed by atoms with van der Waals surface area (Å²) < 4.78 is 1.02. The van der Waals surface area contributed by atoms with Crippen LogP contribution >= 0.6 is 0 Å². The van der Waals surface area contributed by atoms with E-state index >= 15 is 0 Å². The number of likely N-dealkylation sites (N-methyl/N-ethyl adjacent to an activating group) is 1. The first kappa shape index (κ1) is 20.1. The third-order valence-corrected chi connectivity index (χ3v) is 6.51. The van der Waals surface area contributed by atoms with Crippen LogP contribution in [-0.2, 0) is 37.5 Å². The van der Waals surface area contributed by atoms with E-state index in [9.17, 15) is 4.79 Å². The second-order valence-corrected chi connectivity index (χ2v) is 7.58. The van der Waals surface area contributed by atoms with E-state index in [1.54, 1.807) is 0 Å². The molecule has 1 N–H and O–H groups in total. The monoisotopic (exact) mass is 404 g/mol. The number of hydrogen-bond donors (Lipinski definition) is 1. The topological polar surface area (TPSA) is 29.1 Å². The zero-order chi connectivity index (χ0) is 16.5. The number of nitrogens with one attached hydrogen (secondary N) is 1. The van der Waals surface area contributed by atoms with Crippen LogP contribution in [0, 0.1) is 13.8 Å². The SMILES string of the molecule is CC[N+]1(C2(C(=O)Nc3c(C)cccc3C)CCC2)CCCCC1.[Y]. The van der Waals surface area contributed by atoms with Crippen molar-refractivity contribution in [2.24, 2.45) is 0 Å². The van der Waals surface area contributed by atoms with Crippen molar-refractivity contribution in [3.8, 4) is 0 Å². The van der Waals surface area contributed by atoms with Crippen molar-refractivity contribution in [3.63, 3.8) is 0 Å². The van der Waals surface area contributed by atoms with Gasteiger partial charge in [-0.1, -0.05) is 18.2 Å². The Hall–Kier alpha value is -0.246. The van der Waals surface area contributed by atoms with E-state index in [1.807, 2.05) is 0 Å². The first-order chi connectivity index (χ1) is 11.0. The summed E-state index contributed by atoms with van der Waals surface area (Å²) in [6, 6.07) is 6.23. The molecule has 129 valence electrons. The molecule has 1 amide bonds. The largest absolute Gasteiger partial charge is 0.320 e. The first-order valence-electron chi connectivity index (χ1n) is 9.28. The van der Waals surface area contributed by atoms with Crippen molar-refractivity contribution in [3.05, 3.63) is 29.3 Å². The number of nitrogens with zero attached hydrogens (tertiary/aromatic N) is 1. The fourth-order valence-electron chi connectivity index (χ4n) is 4.83. The predicted octanol–water partition coefficient (Wildman–Crippen LogP) is 4.18. The maximum atomic E-state index is 13.4. The van der Waals surface area contributed by atoms with Crippen LogP contribution in [0.1, 0.15) is 56.6 Å². The summed E-state index contributed by atoms with van der Waals surface area (Å²) in [4.78, 5) is 13.4. The van der Waals surface area contributed by atoms with Crippen LogP contribution in [0.3, 0.4) is 0 Å². The predicted molar refractivity (Wildman–Crippen MR) is 95.5 cm³/mol. The minimum absolute atomic E-state index is 0. The Kier molecular flexibility index (Phi) is 6.67. The molecule has 1 heterocycles. The Bertz CT molecular complexity index is 569. The van der Waals surface area contributed by atoms with Gasteiger partial charge in [-0.3, -0.25) is 4.79 Å². The Morgan fingerprint density at radius 3 is 2.12 bits per heavy atom. The van der Waals surface area contributed by atoms with Gasteiger partial charge < -0.3 is 9.80 Å². The summed E-state index contributed by atoms with van der Waals surface area (Å²) in [6.07, 6.45) is 7.17. The van der Waals surface area contributed by atoms with E-state index < -0.39 is 0 Å².